The van der Waals surface area contributed by atoms with Gasteiger partial charge in [0.1, 0.15) is 17.2 Å². The molecule has 0 radical (unpaired) electrons. The lowest BCUT2D eigenvalue weighted by Crippen LogP contribution is -2.25. The molecule has 0 aromatic heterocycles. The molecule has 1 aromatic rings. The van der Waals surface area contributed by atoms with Crippen LogP contribution in [0.25, 0.3) is 0 Å². The highest BCUT2D eigenvalue weighted by Crippen LogP contribution is 2.35. The van der Waals surface area contributed by atoms with Crippen LogP contribution in [0.3, 0.4) is 0 Å². The zero-order valence-electron chi connectivity index (χ0n) is 10.4. The molecule has 0 aliphatic heterocycles. The first-order valence-electron chi connectivity index (χ1n) is 5.30. The Balaban J connectivity index is 3.19. The van der Waals surface area contributed by atoms with Gasteiger partial charge in [-0.15, -0.1) is 0 Å². The number of rotatable bonds is 6. The number of benzene rings is 1. The van der Waals surface area contributed by atoms with Gasteiger partial charge in [-0.2, -0.15) is 0 Å². The van der Waals surface area contributed by atoms with E-state index in [1.54, 1.807) is 0 Å². The molecule has 104 valence electrons. The monoisotopic (exact) mass is 270 g/mol. The quantitative estimate of drug-likeness (QED) is 0.653. The second kappa shape index (κ2) is 5.94. The normalized spacial score (nSPS) is 10.3. The Labute approximate surface area is 109 Å². The van der Waals surface area contributed by atoms with Gasteiger partial charge in [0.2, 0.25) is 0 Å². The molecule has 0 saturated heterocycles. The maximum Gasteiger partial charge on any atom is 0.318 e. The summed E-state index contributed by atoms with van der Waals surface area (Å²) in [5, 5.41) is 27.5. The Morgan fingerprint density at radius 2 is 1.74 bits per heavy atom. The molecule has 0 aliphatic carbocycles. The number of carboxylic acids is 2. The minimum Gasteiger partial charge on any atom is -0.507 e. The van der Waals surface area contributed by atoms with Gasteiger partial charge >= 0.3 is 11.9 Å². The minimum absolute atomic E-state index is 0.109. The van der Waals surface area contributed by atoms with Crippen LogP contribution in [-0.4, -0.2) is 41.5 Å². The van der Waals surface area contributed by atoms with Crippen molar-refractivity contribution in [3.63, 3.8) is 0 Å². The number of hydrogen-bond donors (Lipinski definition) is 3. The van der Waals surface area contributed by atoms with Crippen molar-refractivity contribution in [2.75, 3.05) is 14.2 Å². The van der Waals surface area contributed by atoms with Gasteiger partial charge in [-0.25, -0.2) is 0 Å². The molecule has 0 bridgehead atoms. The molecule has 0 saturated carbocycles. The van der Waals surface area contributed by atoms with Gasteiger partial charge in [-0.05, 0) is 0 Å². The lowest BCUT2D eigenvalue weighted by Gasteiger charge is -2.14. The molecule has 7 nitrogen and oxygen atoms in total. The van der Waals surface area contributed by atoms with E-state index in [0.29, 0.717) is 5.75 Å². The standard InChI is InChI=1S/C12H14O7/c1-18-6-3-9(13)7(10(4-6)19-2)5-8(11(14)15)12(16)17/h3-4,8,13H,5H2,1-2H3,(H,14,15)(H,16,17). The zero-order chi connectivity index (χ0) is 14.6. The van der Waals surface area contributed by atoms with Crippen molar-refractivity contribution in [3.8, 4) is 17.2 Å². The maximum absolute atomic E-state index is 10.9. The minimum atomic E-state index is -1.66. The number of phenolic OH excluding ortho intramolecular Hbond substituents is 1. The largest absolute Gasteiger partial charge is 0.507 e. The van der Waals surface area contributed by atoms with Crippen LogP contribution in [0, 0.1) is 5.92 Å². The van der Waals surface area contributed by atoms with Crippen LogP contribution in [0.5, 0.6) is 17.2 Å². The van der Waals surface area contributed by atoms with Gasteiger partial charge in [-0.1, -0.05) is 0 Å². The zero-order valence-corrected chi connectivity index (χ0v) is 10.4. The SMILES string of the molecule is COc1cc(O)c(CC(C(=O)O)C(=O)O)c(OC)c1. The molecule has 1 rings (SSSR count). The summed E-state index contributed by atoms with van der Waals surface area (Å²) in [6.07, 6.45) is -0.385. The summed E-state index contributed by atoms with van der Waals surface area (Å²) < 4.78 is 9.92. The summed E-state index contributed by atoms with van der Waals surface area (Å²) in [4.78, 5) is 21.7. The first-order valence-corrected chi connectivity index (χ1v) is 5.30. The van der Waals surface area contributed by atoms with Crippen molar-refractivity contribution in [3.05, 3.63) is 17.7 Å². The topological polar surface area (TPSA) is 113 Å². The number of phenols is 1. The predicted octanol–water partition coefficient (Wildman–Crippen LogP) is 0.737. The van der Waals surface area contributed by atoms with Gasteiger partial charge in [-0.3, -0.25) is 9.59 Å². The molecule has 19 heavy (non-hydrogen) atoms. The van der Waals surface area contributed by atoms with Crippen LogP contribution in [-0.2, 0) is 16.0 Å². The molecule has 0 atom stereocenters. The summed E-state index contributed by atoms with van der Waals surface area (Å²) in [6.45, 7) is 0. The summed E-state index contributed by atoms with van der Waals surface area (Å²) in [5.74, 6) is -4.41. The lowest BCUT2D eigenvalue weighted by molar-refractivity contribution is -0.154. The van der Waals surface area contributed by atoms with E-state index in [4.69, 9.17) is 19.7 Å². The Morgan fingerprint density at radius 1 is 1.16 bits per heavy atom. The van der Waals surface area contributed by atoms with Crippen LogP contribution >= 0.6 is 0 Å². The van der Waals surface area contributed by atoms with Crippen LogP contribution < -0.4 is 9.47 Å². The highest BCUT2D eigenvalue weighted by atomic mass is 16.5. The Hall–Kier alpha value is -2.44. The lowest BCUT2D eigenvalue weighted by atomic mass is 9.98. The summed E-state index contributed by atoms with van der Waals surface area (Å²) >= 11 is 0. The van der Waals surface area contributed by atoms with Crippen LogP contribution in [0.2, 0.25) is 0 Å². The van der Waals surface area contributed by atoms with E-state index < -0.39 is 17.9 Å². The van der Waals surface area contributed by atoms with Crippen molar-refractivity contribution < 1.29 is 34.4 Å². The molecule has 1 aromatic carbocycles. The molecule has 0 amide bonds. The molecule has 3 N–H and O–H groups in total. The van der Waals surface area contributed by atoms with Crippen molar-refractivity contribution in [1.29, 1.82) is 0 Å². The summed E-state index contributed by atoms with van der Waals surface area (Å²) in [5.41, 5.74) is 0.109. The average molecular weight is 270 g/mol. The van der Waals surface area contributed by atoms with Gasteiger partial charge in [0.25, 0.3) is 0 Å². The first-order chi connectivity index (χ1) is 8.90. The van der Waals surface area contributed by atoms with Crippen LogP contribution in [0.15, 0.2) is 12.1 Å². The smallest absolute Gasteiger partial charge is 0.318 e. The fraction of sp³-hybridized carbons (Fsp3) is 0.333. The van der Waals surface area contributed by atoms with E-state index in [9.17, 15) is 14.7 Å². The Kier molecular flexibility index (Phi) is 4.57. The third-order valence-electron chi connectivity index (χ3n) is 2.62. The Morgan fingerprint density at radius 3 is 2.16 bits per heavy atom. The third-order valence-corrected chi connectivity index (χ3v) is 2.62. The Bertz CT molecular complexity index is 481. The predicted molar refractivity (Wildman–Crippen MR) is 63.7 cm³/mol. The molecule has 0 unspecified atom stereocenters. The van der Waals surface area contributed by atoms with Crippen molar-refractivity contribution in [1.82, 2.24) is 0 Å². The second-order valence-electron chi connectivity index (χ2n) is 3.76. The number of hydrogen-bond acceptors (Lipinski definition) is 5. The van der Waals surface area contributed by atoms with E-state index in [2.05, 4.69) is 0 Å². The van der Waals surface area contributed by atoms with E-state index in [1.165, 1.54) is 26.4 Å². The number of methoxy groups -OCH3 is 2. The maximum atomic E-state index is 10.9. The fourth-order valence-electron chi connectivity index (χ4n) is 1.60. The van der Waals surface area contributed by atoms with Crippen molar-refractivity contribution >= 4 is 11.9 Å². The molecule has 7 heteroatoms. The summed E-state index contributed by atoms with van der Waals surface area (Å²) in [6, 6.07) is 2.70. The highest BCUT2D eigenvalue weighted by Gasteiger charge is 2.29. The molecular weight excluding hydrogens is 256 g/mol. The number of ether oxygens (including phenoxy) is 2. The van der Waals surface area contributed by atoms with Crippen LogP contribution in [0.1, 0.15) is 5.56 Å². The molecule has 0 fully saturated rings. The van der Waals surface area contributed by atoms with Gasteiger partial charge < -0.3 is 24.8 Å². The fourth-order valence-corrected chi connectivity index (χ4v) is 1.60. The van der Waals surface area contributed by atoms with E-state index >= 15 is 0 Å². The third kappa shape index (κ3) is 3.27. The van der Waals surface area contributed by atoms with Crippen LogP contribution in [0.4, 0.5) is 0 Å². The van der Waals surface area contributed by atoms with Crippen molar-refractivity contribution in [2.45, 2.75) is 6.42 Å². The van der Waals surface area contributed by atoms with Gasteiger partial charge in [0.05, 0.1) is 14.2 Å². The van der Waals surface area contributed by atoms with E-state index in [0.717, 1.165) is 0 Å². The molecule has 0 aliphatic rings. The first kappa shape index (κ1) is 14.6. The highest BCUT2D eigenvalue weighted by molar-refractivity contribution is 5.93. The van der Waals surface area contributed by atoms with E-state index in [-0.39, 0.29) is 23.5 Å². The molecule has 0 heterocycles. The number of aliphatic carboxylic acids is 2. The van der Waals surface area contributed by atoms with Gasteiger partial charge in [0, 0.05) is 24.1 Å². The molecule has 0 spiro atoms. The number of aromatic hydroxyl groups is 1. The van der Waals surface area contributed by atoms with E-state index in [1.807, 2.05) is 0 Å². The number of carbonyl (C=O) groups is 2. The number of carboxylic acid groups (broad SMARTS) is 2. The van der Waals surface area contributed by atoms with Crippen molar-refractivity contribution in [2.24, 2.45) is 5.92 Å². The second-order valence-corrected chi connectivity index (χ2v) is 3.76. The molecular formula is C12H14O7. The summed E-state index contributed by atoms with van der Waals surface area (Å²) in [7, 11) is 2.72. The average Bonchev–Trinajstić information content (AvgIpc) is 2.35. The van der Waals surface area contributed by atoms with Gasteiger partial charge in [0.15, 0.2) is 5.92 Å².